The van der Waals surface area contributed by atoms with E-state index in [1.165, 1.54) is 12.1 Å². The Morgan fingerprint density at radius 2 is 1.94 bits per heavy atom. The van der Waals surface area contributed by atoms with Gasteiger partial charge in [-0.15, -0.1) is 10.2 Å². The topological polar surface area (TPSA) is 61.6 Å². The van der Waals surface area contributed by atoms with Crippen LogP contribution in [0.3, 0.4) is 0 Å². The predicted octanol–water partition coefficient (Wildman–Crippen LogP) is 3.04. The van der Waals surface area contributed by atoms with Crippen molar-refractivity contribution in [2.75, 3.05) is 44.2 Å². The number of alkyl halides is 3. The van der Waals surface area contributed by atoms with Gasteiger partial charge in [-0.2, -0.15) is 13.2 Å². The maximum absolute atomic E-state index is 13.0. The quantitative estimate of drug-likeness (QED) is 0.533. The van der Waals surface area contributed by atoms with Crippen molar-refractivity contribution in [2.24, 2.45) is 4.99 Å². The molecule has 31 heavy (non-hydrogen) atoms. The molecule has 0 spiro atoms. The van der Waals surface area contributed by atoms with Gasteiger partial charge in [0.25, 0.3) is 0 Å². The summed E-state index contributed by atoms with van der Waals surface area (Å²) in [5.74, 6) is 1.79. The van der Waals surface area contributed by atoms with Crippen LogP contribution in [0, 0.1) is 0 Å². The van der Waals surface area contributed by atoms with E-state index in [0.717, 1.165) is 43.8 Å². The Hall–Kier alpha value is -2.78. The largest absolute Gasteiger partial charge is 0.416 e. The van der Waals surface area contributed by atoms with Crippen LogP contribution in [-0.2, 0) is 19.1 Å². The third kappa shape index (κ3) is 6.11. The van der Waals surface area contributed by atoms with Crippen molar-refractivity contribution in [3.05, 3.63) is 42.0 Å². The molecule has 0 amide bonds. The van der Waals surface area contributed by atoms with Crippen LogP contribution in [0.25, 0.3) is 0 Å². The first kappa shape index (κ1) is 22.9. The molecular formula is C21H30F3N7. The van der Waals surface area contributed by atoms with Crippen molar-refractivity contribution in [1.29, 1.82) is 0 Å². The van der Waals surface area contributed by atoms with Crippen LogP contribution >= 0.6 is 0 Å². The number of nitrogens with zero attached hydrogens (tertiary/aromatic N) is 6. The van der Waals surface area contributed by atoms with E-state index in [-0.39, 0.29) is 0 Å². The molecule has 0 saturated carbocycles. The average molecular weight is 438 g/mol. The molecule has 170 valence electrons. The van der Waals surface area contributed by atoms with E-state index < -0.39 is 11.7 Å². The van der Waals surface area contributed by atoms with Crippen LogP contribution in [0.4, 0.5) is 18.9 Å². The maximum atomic E-state index is 13.0. The Kier molecular flexibility index (Phi) is 7.75. The number of hydrogen-bond acceptors (Lipinski definition) is 4. The summed E-state index contributed by atoms with van der Waals surface area (Å²) < 4.78 is 41.1. The third-order valence-electron chi connectivity index (χ3n) is 5.25. The van der Waals surface area contributed by atoms with E-state index in [2.05, 4.69) is 27.3 Å². The molecule has 1 aliphatic rings. The van der Waals surface area contributed by atoms with Gasteiger partial charge in [0.05, 0.1) is 5.56 Å². The van der Waals surface area contributed by atoms with Gasteiger partial charge >= 0.3 is 6.18 Å². The van der Waals surface area contributed by atoms with Crippen molar-refractivity contribution in [3.63, 3.8) is 0 Å². The smallest absolute Gasteiger partial charge is 0.368 e. The van der Waals surface area contributed by atoms with E-state index >= 15 is 0 Å². The Bertz CT molecular complexity index is 855. The number of aliphatic imine (C=N–C) groups is 1. The fourth-order valence-electron chi connectivity index (χ4n) is 3.57. The highest BCUT2D eigenvalue weighted by Crippen LogP contribution is 2.31. The summed E-state index contributed by atoms with van der Waals surface area (Å²) in [6.07, 6.45) is -0.823. The summed E-state index contributed by atoms with van der Waals surface area (Å²) in [5, 5.41) is 11.5. The lowest BCUT2D eigenvalue weighted by atomic mass is 10.1. The van der Waals surface area contributed by atoms with Crippen LogP contribution in [-0.4, -0.2) is 64.9 Å². The lowest BCUT2D eigenvalue weighted by Crippen LogP contribution is -2.53. The molecule has 1 saturated heterocycles. The average Bonchev–Trinajstić information content (AvgIpc) is 3.23. The number of guanidine groups is 1. The van der Waals surface area contributed by atoms with Gasteiger partial charge < -0.3 is 19.7 Å². The standard InChI is InChI=1S/C21H30F3N7/c1-3-8-25-20(26-9-10-31-16-27-28-19(31)4-2)30-13-11-29(12-14-30)18-7-5-6-17(15-18)21(22,23)24/h5-7,15-16H,3-4,8-14H2,1-2H3,(H,25,26). The number of benzene rings is 1. The van der Waals surface area contributed by atoms with E-state index in [4.69, 9.17) is 4.99 Å². The highest BCUT2D eigenvalue weighted by atomic mass is 19.4. The fourth-order valence-corrected chi connectivity index (χ4v) is 3.57. The number of piperazine rings is 1. The van der Waals surface area contributed by atoms with Crippen molar-refractivity contribution in [3.8, 4) is 0 Å². The Morgan fingerprint density at radius 1 is 1.16 bits per heavy atom. The second-order valence-corrected chi connectivity index (χ2v) is 7.45. The molecule has 2 aromatic rings. The van der Waals surface area contributed by atoms with Gasteiger partial charge in [-0.1, -0.05) is 19.9 Å². The SMILES string of the molecule is CCCN=C(NCCn1cnnc1CC)N1CCN(c2cccc(C(F)(F)F)c2)CC1. The van der Waals surface area contributed by atoms with Gasteiger partial charge in [-0.25, -0.2) is 0 Å². The van der Waals surface area contributed by atoms with Gasteiger partial charge in [-0.05, 0) is 24.6 Å². The predicted molar refractivity (Wildman–Crippen MR) is 115 cm³/mol. The Balaban J connectivity index is 1.58. The molecule has 0 radical (unpaired) electrons. The minimum atomic E-state index is -4.33. The summed E-state index contributed by atoms with van der Waals surface area (Å²) in [6, 6.07) is 5.54. The highest BCUT2D eigenvalue weighted by Gasteiger charge is 2.31. The summed E-state index contributed by atoms with van der Waals surface area (Å²) in [5.41, 5.74) is -0.00563. The van der Waals surface area contributed by atoms with Crippen LogP contribution in [0.1, 0.15) is 31.7 Å². The molecule has 1 aromatic carbocycles. The summed E-state index contributed by atoms with van der Waals surface area (Å²) in [4.78, 5) is 8.86. The second kappa shape index (κ2) is 10.5. The van der Waals surface area contributed by atoms with E-state index in [1.54, 1.807) is 12.4 Å². The highest BCUT2D eigenvalue weighted by molar-refractivity contribution is 5.80. The number of hydrogen-bond donors (Lipinski definition) is 1. The molecule has 0 bridgehead atoms. The molecule has 0 atom stereocenters. The second-order valence-electron chi connectivity index (χ2n) is 7.45. The summed E-state index contributed by atoms with van der Waals surface area (Å²) in [7, 11) is 0. The number of halogens is 3. The molecule has 1 fully saturated rings. The van der Waals surface area contributed by atoms with Crippen LogP contribution < -0.4 is 10.2 Å². The lowest BCUT2D eigenvalue weighted by molar-refractivity contribution is -0.137. The molecule has 0 aliphatic carbocycles. The zero-order valence-electron chi connectivity index (χ0n) is 18.1. The molecule has 1 N–H and O–H groups in total. The molecule has 10 heteroatoms. The molecular weight excluding hydrogens is 407 g/mol. The van der Waals surface area contributed by atoms with Crippen molar-refractivity contribution < 1.29 is 13.2 Å². The van der Waals surface area contributed by atoms with Crippen molar-refractivity contribution in [2.45, 2.75) is 39.4 Å². The number of rotatable bonds is 7. The maximum Gasteiger partial charge on any atom is 0.416 e. The Labute approximate surface area is 181 Å². The zero-order chi connectivity index (χ0) is 22.3. The third-order valence-corrected chi connectivity index (χ3v) is 5.25. The van der Waals surface area contributed by atoms with Crippen LogP contribution in [0.2, 0.25) is 0 Å². The van der Waals surface area contributed by atoms with Crippen molar-refractivity contribution in [1.82, 2.24) is 25.0 Å². The first-order chi connectivity index (χ1) is 14.9. The van der Waals surface area contributed by atoms with Crippen LogP contribution in [0.15, 0.2) is 35.6 Å². The molecule has 0 unspecified atom stereocenters. The normalized spacial score (nSPS) is 15.5. The molecule has 2 heterocycles. The van der Waals surface area contributed by atoms with E-state index in [1.807, 2.05) is 16.4 Å². The molecule has 7 nitrogen and oxygen atoms in total. The fraction of sp³-hybridized carbons (Fsp3) is 0.571. The lowest BCUT2D eigenvalue weighted by Gasteiger charge is -2.38. The minimum Gasteiger partial charge on any atom is -0.368 e. The molecule has 3 rings (SSSR count). The molecule has 1 aliphatic heterocycles. The number of anilines is 1. The summed E-state index contributed by atoms with van der Waals surface area (Å²) >= 11 is 0. The van der Waals surface area contributed by atoms with E-state index in [9.17, 15) is 13.2 Å². The molecule has 1 aromatic heterocycles. The van der Waals surface area contributed by atoms with Gasteiger partial charge in [0.15, 0.2) is 5.96 Å². The first-order valence-corrected chi connectivity index (χ1v) is 10.7. The monoisotopic (exact) mass is 437 g/mol. The minimum absolute atomic E-state index is 0.606. The van der Waals surface area contributed by atoms with Crippen LogP contribution in [0.5, 0.6) is 0 Å². The summed E-state index contributed by atoms with van der Waals surface area (Å²) in [6.45, 7) is 8.95. The van der Waals surface area contributed by atoms with Gasteiger partial charge in [-0.3, -0.25) is 4.99 Å². The zero-order valence-corrected chi connectivity index (χ0v) is 18.1. The number of aromatic nitrogens is 3. The Morgan fingerprint density at radius 3 is 2.61 bits per heavy atom. The van der Waals surface area contributed by atoms with Gasteiger partial charge in [0, 0.05) is 57.9 Å². The van der Waals surface area contributed by atoms with Gasteiger partial charge in [0.1, 0.15) is 12.2 Å². The number of aryl methyl sites for hydroxylation is 1. The van der Waals surface area contributed by atoms with Crippen molar-refractivity contribution >= 4 is 11.6 Å². The van der Waals surface area contributed by atoms with Gasteiger partial charge in [0.2, 0.25) is 0 Å². The first-order valence-electron chi connectivity index (χ1n) is 10.7. The number of nitrogens with one attached hydrogen (secondary N) is 1. The van der Waals surface area contributed by atoms with E-state index in [0.29, 0.717) is 38.4 Å².